The van der Waals surface area contributed by atoms with Crippen molar-refractivity contribution in [2.75, 3.05) is 13.2 Å². The van der Waals surface area contributed by atoms with Gasteiger partial charge in [0.1, 0.15) is 12.2 Å². The Morgan fingerprint density at radius 3 is 2.26 bits per heavy atom. The monoisotopic (exact) mass is 324 g/mol. The van der Waals surface area contributed by atoms with E-state index >= 15 is 0 Å². The second kappa shape index (κ2) is 9.29. The van der Waals surface area contributed by atoms with Gasteiger partial charge in [-0.15, -0.1) is 0 Å². The van der Waals surface area contributed by atoms with Gasteiger partial charge in [-0.1, -0.05) is 0 Å². The highest BCUT2D eigenvalue weighted by Crippen LogP contribution is 2.06. The normalized spacial score (nSPS) is 10.8. The Morgan fingerprint density at radius 1 is 1.09 bits per heavy atom. The van der Waals surface area contributed by atoms with E-state index in [2.05, 4.69) is 15.3 Å². The molecule has 0 atom stereocenters. The van der Waals surface area contributed by atoms with Crippen LogP contribution < -0.4 is 5.43 Å². The van der Waals surface area contributed by atoms with Crippen LogP contribution in [0.15, 0.2) is 29.4 Å². The Hall–Kier alpha value is -2.77. The number of esters is 2. The van der Waals surface area contributed by atoms with E-state index < -0.39 is 30.1 Å². The first-order chi connectivity index (χ1) is 11.0. The number of rotatable bonds is 7. The van der Waals surface area contributed by atoms with Crippen molar-refractivity contribution in [1.82, 2.24) is 5.43 Å². The lowest BCUT2D eigenvalue weighted by molar-refractivity contribution is -0.146. The van der Waals surface area contributed by atoms with Gasteiger partial charge in [0, 0.05) is 5.56 Å². The van der Waals surface area contributed by atoms with Crippen LogP contribution in [0, 0.1) is 5.82 Å². The van der Waals surface area contributed by atoms with E-state index in [-0.39, 0.29) is 24.5 Å². The van der Waals surface area contributed by atoms with Gasteiger partial charge in [-0.25, -0.2) is 14.6 Å². The third-order valence-corrected chi connectivity index (χ3v) is 2.49. The maximum Gasteiger partial charge on any atom is 0.359 e. The number of halogens is 1. The smallest absolute Gasteiger partial charge is 0.359 e. The molecule has 1 aromatic rings. The molecular weight excluding hydrogens is 307 g/mol. The lowest BCUT2D eigenvalue weighted by Gasteiger charge is -2.07. The zero-order valence-corrected chi connectivity index (χ0v) is 12.8. The summed E-state index contributed by atoms with van der Waals surface area (Å²) < 4.78 is 22.4. The van der Waals surface area contributed by atoms with Crippen molar-refractivity contribution in [3.63, 3.8) is 0 Å². The molecule has 0 aliphatic carbocycles. The molecule has 1 N–H and O–H groups in total. The fourth-order valence-electron chi connectivity index (χ4n) is 1.54. The molecule has 7 nitrogen and oxygen atoms in total. The minimum Gasteiger partial charge on any atom is -0.466 e. The van der Waals surface area contributed by atoms with Gasteiger partial charge in [-0.2, -0.15) is 5.10 Å². The number of nitrogens with one attached hydrogen (secondary N) is 1. The number of hydrazone groups is 1. The largest absolute Gasteiger partial charge is 0.466 e. The summed E-state index contributed by atoms with van der Waals surface area (Å²) in [4.78, 5) is 34.6. The van der Waals surface area contributed by atoms with Crippen LogP contribution in [-0.2, 0) is 23.9 Å². The van der Waals surface area contributed by atoms with E-state index in [0.29, 0.717) is 0 Å². The van der Waals surface area contributed by atoms with Crippen molar-refractivity contribution < 1.29 is 28.2 Å². The molecule has 0 spiro atoms. The summed E-state index contributed by atoms with van der Waals surface area (Å²) in [5, 5.41) is 3.67. The molecule has 1 aromatic carbocycles. The quantitative estimate of drug-likeness (QED) is 0.351. The number of ether oxygens (including phenoxy) is 2. The summed E-state index contributed by atoms with van der Waals surface area (Å²) in [6.07, 6.45) is -0.531. The van der Waals surface area contributed by atoms with Gasteiger partial charge in [0.15, 0.2) is 5.71 Å². The molecule has 0 saturated carbocycles. The van der Waals surface area contributed by atoms with Crippen LogP contribution in [0.25, 0.3) is 0 Å². The summed E-state index contributed by atoms with van der Waals surface area (Å²) in [6.45, 7) is 3.48. The predicted molar refractivity (Wildman–Crippen MR) is 79.0 cm³/mol. The highest BCUT2D eigenvalue weighted by Gasteiger charge is 2.17. The zero-order valence-electron chi connectivity index (χ0n) is 12.8. The Morgan fingerprint density at radius 2 is 1.70 bits per heavy atom. The van der Waals surface area contributed by atoms with Gasteiger partial charge in [0.25, 0.3) is 5.91 Å². The topological polar surface area (TPSA) is 94.1 Å². The fourth-order valence-corrected chi connectivity index (χ4v) is 1.54. The van der Waals surface area contributed by atoms with Crippen LogP contribution >= 0.6 is 0 Å². The Bertz CT molecular complexity index is 598. The molecule has 8 heteroatoms. The van der Waals surface area contributed by atoms with Gasteiger partial charge in [-0.05, 0) is 38.1 Å². The number of amides is 1. The van der Waals surface area contributed by atoms with Crippen molar-refractivity contribution >= 4 is 23.6 Å². The molecule has 1 rings (SSSR count). The summed E-state index contributed by atoms with van der Waals surface area (Å²) >= 11 is 0. The minimum atomic E-state index is -0.782. The highest BCUT2D eigenvalue weighted by atomic mass is 19.1. The molecule has 23 heavy (non-hydrogen) atoms. The molecule has 1 amide bonds. The average Bonchev–Trinajstić information content (AvgIpc) is 2.49. The predicted octanol–water partition coefficient (Wildman–Crippen LogP) is 1.16. The summed E-state index contributed by atoms with van der Waals surface area (Å²) in [5.41, 5.74) is 2.14. The van der Waals surface area contributed by atoms with E-state index in [1.807, 2.05) is 0 Å². The molecule has 0 radical (unpaired) electrons. The molecule has 0 aliphatic heterocycles. The molecular formula is C15H17FN2O5. The average molecular weight is 324 g/mol. The lowest BCUT2D eigenvalue weighted by Crippen LogP contribution is -2.27. The summed E-state index contributed by atoms with van der Waals surface area (Å²) in [7, 11) is 0. The first-order valence-corrected chi connectivity index (χ1v) is 6.93. The van der Waals surface area contributed by atoms with Crippen LogP contribution in [0.5, 0.6) is 0 Å². The summed E-state index contributed by atoms with van der Waals surface area (Å²) in [5.74, 6) is -2.72. The maximum absolute atomic E-state index is 13.0. The second-order valence-corrected chi connectivity index (χ2v) is 4.20. The molecule has 0 aliphatic rings. The van der Waals surface area contributed by atoms with Gasteiger partial charge in [0.2, 0.25) is 0 Å². The van der Waals surface area contributed by atoms with Gasteiger partial charge in [-0.3, -0.25) is 9.59 Å². The van der Waals surface area contributed by atoms with Crippen molar-refractivity contribution in [1.29, 1.82) is 0 Å². The van der Waals surface area contributed by atoms with Crippen LogP contribution in [0.1, 0.15) is 25.8 Å². The third kappa shape index (κ3) is 6.25. The first kappa shape index (κ1) is 18.3. The lowest BCUT2D eigenvalue weighted by atomic mass is 10.1. The number of carbonyl (C=O) groups is 3. The van der Waals surface area contributed by atoms with Crippen LogP contribution in [0.2, 0.25) is 0 Å². The molecule has 0 saturated heterocycles. The number of hydrogen-bond donors (Lipinski definition) is 1. The number of hydrogen-bond acceptors (Lipinski definition) is 6. The maximum atomic E-state index is 13.0. The third-order valence-electron chi connectivity index (χ3n) is 2.49. The molecule has 0 fully saturated rings. The van der Waals surface area contributed by atoms with Crippen LogP contribution in [0.4, 0.5) is 4.39 Å². The van der Waals surface area contributed by atoms with Crippen molar-refractivity contribution in [3.8, 4) is 0 Å². The molecule has 124 valence electrons. The van der Waals surface area contributed by atoms with E-state index in [1.54, 1.807) is 13.8 Å². The molecule has 0 heterocycles. The molecule has 0 unspecified atom stereocenters. The Balaban J connectivity index is 2.87. The van der Waals surface area contributed by atoms with E-state index in [1.165, 1.54) is 12.1 Å². The molecule has 0 bridgehead atoms. The Kier molecular flexibility index (Phi) is 7.38. The van der Waals surface area contributed by atoms with E-state index in [0.717, 1.165) is 12.1 Å². The second-order valence-electron chi connectivity index (χ2n) is 4.20. The zero-order chi connectivity index (χ0) is 17.2. The number of nitrogens with zero attached hydrogens (tertiary/aromatic N) is 1. The van der Waals surface area contributed by atoms with Crippen LogP contribution in [0.3, 0.4) is 0 Å². The van der Waals surface area contributed by atoms with Crippen molar-refractivity contribution in [2.45, 2.75) is 20.3 Å². The van der Waals surface area contributed by atoms with Crippen molar-refractivity contribution in [3.05, 3.63) is 35.6 Å². The molecule has 0 aromatic heterocycles. The van der Waals surface area contributed by atoms with Gasteiger partial charge >= 0.3 is 11.9 Å². The minimum absolute atomic E-state index is 0.107. The summed E-state index contributed by atoms with van der Waals surface area (Å²) in [6, 6.07) is 4.93. The van der Waals surface area contributed by atoms with Crippen molar-refractivity contribution in [2.24, 2.45) is 5.10 Å². The van der Waals surface area contributed by atoms with Crippen LogP contribution in [-0.4, -0.2) is 36.8 Å². The standard InChI is InChI=1S/C15H17FN2O5/c1-3-22-13(20)9-12(19)17-18-14(15(21)23-4-2)10-5-7-11(16)8-6-10/h5-8H,3-4,9H2,1-2H3,(H,17,19). The fraction of sp³-hybridized carbons (Fsp3) is 0.333. The number of carbonyl (C=O) groups excluding carboxylic acids is 3. The first-order valence-electron chi connectivity index (χ1n) is 6.93. The van der Waals surface area contributed by atoms with Gasteiger partial charge in [0.05, 0.1) is 13.2 Å². The number of benzene rings is 1. The SMILES string of the molecule is CCOC(=O)CC(=O)NN=C(C(=O)OCC)c1ccc(F)cc1. The van der Waals surface area contributed by atoms with Gasteiger partial charge < -0.3 is 9.47 Å². The highest BCUT2D eigenvalue weighted by molar-refractivity contribution is 6.43. The Labute approximate surface area is 132 Å². The van der Waals surface area contributed by atoms with E-state index in [4.69, 9.17) is 4.74 Å². The van der Waals surface area contributed by atoms with E-state index in [9.17, 15) is 18.8 Å².